The fourth-order valence-corrected chi connectivity index (χ4v) is 4.15. The molecule has 1 aliphatic rings. The van der Waals surface area contributed by atoms with Crippen LogP contribution in [0.15, 0.2) is 54.6 Å². The lowest BCUT2D eigenvalue weighted by molar-refractivity contribution is -0.105. The van der Waals surface area contributed by atoms with Crippen LogP contribution in [0.1, 0.15) is 11.1 Å². The maximum Gasteiger partial charge on any atom is 0.415 e. The molecule has 3 aromatic carbocycles. The maximum absolute atomic E-state index is 12.8. The van der Waals surface area contributed by atoms with Crippen molar-refractivity contribution in [2.24, 2.45) is 0 Å². The van der Waals surface area contributed by atoms with Gasteiger partial charge < -0.3 is 29.5 Å². The quantitative estimate of drug-likeness (QED) is 0.478. The van der Waals surface area contributed by atoms with Crippen LogP contribution in [0.2, 0.25) is 0 Å². The number of nitrogens with one attached hydrogen (secondary N) is 1. The van der Waals surface area contributed by atoms with Gasteiger partial charge in [-0.15, -0.1) is 0 Å². The number of anilines is 2. The second kappa shape index (κ2) is 11.0. The lowest BCUT2D eigenvalue weighted by Gasteiger charge is -2.22. The van der Waals surface area contributed by atoms with E-state index in [1.165, 1.54) is 15.4 Å². The third kappa shape index (κ3) is 5.51. The first kappa shape index (κ1) is 24.8. The van der Waals surface area contributed by atoms with E-state index in [1.54, 1.807) is 38.4 Å². The van der Waals surface area contributed by atoms with Crippen molar-refractivity contribution in [3.8, 4) is 5.75 Å². The first-order valence-corrected chi connectivity index (χ1v) is 11.7. The molecule has 0 bridgehead atoms. The fraction of sp³-hybridized carbons (Fsp3) is 0.296. The Morgan fingerprint density at radius 1 is 1.00 bits per heavy atom. The molecule has 188 valence electrons. The van der Waals surface area contributed by atoms with Crippen LogP contribution in [0.3, 0.4) is 0 Å². The van der Waals surface area contributed by atoms with Crippen molar-refractivity contribution in [2.45, 2.75) is 13.0 Å². The lowest BCUT2D eigenvalue weighted by Crippen LogP contribution is -2.38. The summed E-state index contributed by atoms with van der Waals surface area (Å²) in [5.74, 6) is 0.525. The molecular formula is C27H30N4O5. The molecule has 0 saturated carbocycles. The highest BCUT2D eigenvalue weighted by atomic mass is 16.6. The Labute approximate surface area is 210 Å². The number of rotatable bonds is 8. The smallest absolute Gasteiger partial charge is 0.415 e. The van der Waals surface area contributed by atoms with Crippen LogP contribution >= 0.6 is 0 Å². The number of nitrogens with zero attached hydrogens (tertiary/aromatic N) is 3. The fourth-order valence-electron chi connectivity index (χ4n) is 4.15. The van der Waals surface area contributed by atoms with E-state index in [0.29, 0.717) is 17.8 Å². The van der Waals surface area contributed by atoms with Crippen LogP contribution in [-0.2, 0) is 22.6 Å². The molecule has 1 aliphatic heterocycles. The monoisotopic (exact) mass is 490 g/mol. The average Bonchev–Trinajstić information content (AvgIpc) is 3.27. The number of ether oxygens (including phenoxy) is 2. The summed E-state index contributed by atoms with van der Waals surface area (Å²) in [7, 11) is 5.29. The summed E-state index contributed by atoms with van der Waals surface area (Å²) in [5, 5.41) is 4.56. The summed E-state index contributed by atoms with van der Waals surface area (Å²) in [6.07, 6.45) is 0.570. The molecule has 0 spiro atoms. The van der Waals surface area contributed by atoms with Crippen molar-refractivity contribution in [3.05, 3.63) is 65.7 Å². The van der Waals surface area contributed by atoms with E-state index in [4.69, 9.17) is 9.47 Å². The number of hydrogen-bond acceptors (Lipinski definition) is 6. The number of benzene rings is 3. The molecule has 36 heavy (non-hydrogen) atoms. The SMILES string of the molecule is CN(CCN(C)C(=O)Oc1cc2c(c3ccccc13)CCN2C)C(=O)OCc1ccc(NC=O)cc1. The van der Waals surface area contributed by atoms with Gasteiger partial charge in [0.1, 0.15) is 12.4 Å². The number of likely N-dealkylation sites (N-methyl/N-ethyl adjacent to an activating group) is 3. The van der Waals surface area contributed by atoms with E-state index < -0.39 is 12.2 Å². The predicted molar refractivity (Wildman–Crippen MR) is 139 cm³/mol. The van der Waals surface area contributed by atoms with Crippen molar-refractivity contribution >= 4 is 40.7 Å². The highest BCUT2D eigenvalue weighted by molar-refractivity contribution is 5.97. The standard InChI is InChI=1S/C27H30N4O5/c1-29-13-12-22-21-6-4-5-7-23(21)25(16-24(22)29)36-27(34)31(3)15-14-30(2)26(33)35-17-19-8-10-20(11-9-19)28-18-32/h4-11,16,18H,12-15,17H2,1-3H3,(H,28,32). The molecule has 0 atom stereocenters. The molecule has 3 amide bonds. The van der Waals surface area contributed by atoms with E-state index in [9.17, 15) is 14.4 Å². The van der Waals surface area contributed by atoms with Gasteiger partial charge in [-0.25, -0.2) is 9.59 Å². The van der Waals surface area contributed by atoms with Crippen molar-refractivity contribution in [1.29, 1.82) is 0 Å². The topological polar surface area (TPSA) is 91.4 Å². The van der Waals surface area contributed by atoms with Gasteiger partial charge in [-0.2, -0.15) is 0 Å². The third-order valence-corrected chi connectivity index (χ3v) is 6.34. The average molecular weight is 491 g/mol. The molecule has 1 heterocycles. The number of amides is 3. The molecule has 9 heteroatoms. The van der Waals surface area contributed by atoms with Crippen LogP contribution < -0.4 is 15.0 Å². The molecule has 4 rings (SSSR count). The number of carbonyl (C=O) groups excluding carboxylic acids is 3. The predicted octanol–water partition coefficient (Wildman–Crippen LogP) is 4.10. The largest absolute Gasteiger partial charge is 0.445 e. The third-order valence-electron chi connectivity index (χ3n) is 6.34. The molecular weight excluding hydrogens is 460 g/mol. The van der Waals surface area contributed by atoms with E-state index in [1.807, 2.05) is 31.3 Å². The number of hydrogen-bond donors (Lipinski definition) is 1. The normalized spacial score (nSPS) is 12.1. The van der Waals surface area contributed by atoms with Gasteiger partial charge >= 0.3 is 12.2 Å². The summed E-state index contributed by atoms with van der Waals surface area (Å²) < 4.78 is 11.1. The van der Waals surface area contributed by atoms with Gasteiger partial charge in [0.15, 0.2) is 0 Å². The minimum absolute atomic E-state index is 0.0995. The van der Waals surface area contributed by atoms with Gasteiger partial charge in [-0.1, -0.05) is 36.4 Å². The van der Waals surface area contributed by atoms with Crippen molar-refractivity contribution in [3.63, 3.8) is 0 Å². The van der Waals surface area contributed by atoms with Gasteiger partial charge in [-0.05, 0) is 35.1 Å². The lowest BCUT2D eigenvalue weighted by atomic mass is 10.0. The molecule has 1 N–H and O–H groups in total. The first-order valence-electron chi connectivity index (χ1n) is 11.7. The second-order valence-corrected chi connectivity index (χ2v) is 8.81. The van der Waals surface area contributed by atoms with Crippen LogP contribution in [0.25, 0.3) is 10.8 Å². The molecule has 0 aromatic heterocycles. The van der Waals surface area contributed by atoms with Crippen molar-refractivity contribution in [1.82, 2.24) is 9.80 Å². The molecule has 0 saturated heterocycles. The first-order chi connectivity index (χ1) is 17.4. The zero-order valence-corrected chi connectivity index (χ0v) is 20.7. The van der Waals surface area contributed by atoms with E-state index >= 15 is 0 Å². The zero-order chi connectivity index (χ0) is 25.7. The van der Waals surface area contributed by atoms with Crippen LogP contribution in [-0.4, -0.2) is 69.2 Å². The summed E-state index contributed by atoms with van der Waals surface area (Å²) in [5.41, 5.74) is 3.80. The van der Waals surface area contributed by atoms with Gasteiger partial charge in [0, 0.05) is 63.6 Å². The zero-order valence-electron chi connectivity index (χ0n) is 20.7. The van der Waals surface area contributed by atoms with Gasteiger partial charge in [0.2, 0.25) is 6.41 Å². The highest BCUT2D eigenvalue weighted by Gasteiger charge is 2.23. The van der Waals surface area contributed by atoms with Crippen LogP contribution in [0, 0.1) is 0 Å². The number of carbonyl (C=O) groups is 3. The Bertz CT molecular complexity index is 1260. The Kier molecular flexibility index (Phi) is 7.58. The Morgan fingerprint density at radius 3 is 2.36 bits per heavy atom. The molecule has 0 fully saturated rings. The van der Waals surface area contributed by atoms with Gasteiger partial charge in [0.25, 0.3) is 0 Å². The molecule has 9 nitrogen and oxygen atoms in total. The Morgan fingerprint density at radius 2 is 1.67 bits per heavy atom. The van der Waals surface area contributed by atoms with Gasteiger partial charge in [0.05, 0.1) is 0 Å². The van der Waals surface area contributed by atoms with Crippen molar-refractivity contribution < 1.29 is 23.9 Å². The Hall–Kier alpha value is -4.27. The second-order valence-electron chi connectivity index (χ2n) is 8.81. The Balaban J connectivity index is 1.30. The van der Waals surface area contributed by atoms with E-state index in [2.05, 4.69) is 16.3 Å². The number of fused-ring (bicyclic) bond motifs is 3. The van der Waals surface area contributed by atoms with E-state index in [0.717, 1.165) is 35.0 Å². The molecule has 0 radical (unpaired) electrons. The summed E-state index contributed by atoms with van der Waals surface area (Å²) in [6, 6.07) is 16.9. The molecule has 3 aromatic rings. The maximum atomic E-state index is 12.8. The summed E-state index contributed by atoms with van der Waals surface area (Å²) >= 11 is 0. The van der Waals surface area contributed by atoms with Crippen molar-refractivity contribution in [2.75, 3.05) is 51.0 Å². The highest BCUT2D eigenvalue weighted by Crippen LogP contribution is 2.39. The molecule has 0 unspecified atom stereocenters. The van der Waals surface area contributed by atoms with Gasteiger partial charge in [-0.3, -0.25) is 4.79 Å². The minimum Gasteiger partial charge on any atom is -0.445 e. The molecule has 0 aliphatic carbocycles. The van der Waals surface area contributed by atoms with Crippen LogP contribution in [0.4, 0.5) is 21.0 Å². The van der Waals surface area contributed by atoms with Crippen LogP contribution in [0.5, 0.6) is 5.75 Å². The van der Waals surface area contributed by atoms with E-state index in [-0.39, 0.29) is 19.7 Å². The minimum atomic E-state index is -0.500. The summed E-state index contributed by atoms with van der Waals surface area (Å²) in [4.78, 5) is 40.7. The summed E-state index contributed by atoms with van der Waals surface area (Å²) in [6.45, 7) is 1.59.